The molecule has 0 saturated carbocycles. The highest BCUT2D eigenvalue weighted by Gasteiger charge is 2.07. The lowest BCUT2D eigenvalue weighted by Gasteiger charge is -2.23. The van der Waals surface area contributed by atoms with Crippen LogP contribution in [0.5, 0.6) is 0 Å². The van der Waals surface area contributed by atoms with Crippen LogP contribution in [0.15, 0.2) is 48.7 Å². The minimum Gasteiger partial charge on any atom is -0.367 e. The fourth-order valence-corrected chi connectivity index (χ4v) is 2.26. The third-order valence-electron chi connectivity index (χ3n) is 3.45. The Morgan fingerprint density at radius 2 is 1.90 bits per heavy atom. The third-order valence-corrected chi connectivity index (χ3v) is 3.45. The van der Waals surface area contributed by atoms with Gasteiger partial charge >= 0.3 is 0 Å². The number of aromatic nitrogens is 1. The van der Waals surface area contributed by atoms with Crippen molar-refractivity contribution in [3.63, 3.8) is 0 Å². The number of hydrogen-bond donors (Lipinski definition) is 1. The Morgan fingerprint density at radius 1 is 1.14 bits per heavy atom. The number of anilines is 1. The molecule has 0 atom stereocenters. The summed E-state index contributed by atoms with van der Waals surface area (Å²) in [7, 11) is 0. The molecule has 0 aliphatic rings. The van der Waals surface area contributed by atoms with E-state index in [0.29, 0.717) is 6.04 Å². The van der Waals surface area contributed by atoms with E-state index in [4.69, 9.17) is 0 Å². The maximum absolute atomic E-state index is 4.45. The average Bonchev–Trinajstić information content (AvgIpc) is 2.52. The van der Waals surface area contributed by atoms with E-state index in [1.165, 1.54) is 11.3 Å². The number of rotatable bonds is 7. The maximum Gasteiger partial charge on any atom is 0.0562 e. The minimum atomic E-state index is 0.474. The van der Waals surface area contributed by atoms with Gasteiger partial charge in [0.2, 0.25) is 0 Å². The zero-order valence-corrected chi connectivity index (χ0v) is 13.2. The molecule has 112 valence electrons. The number of hydrogen-bond acceptors (Lipinski definition) is 3. The molecule has 3 nitrogen and oxygen atoms in total. The summed E-state index contributed by atoms with van der Waals surface area (Å²) in [5, 5.41) is 3.41. The lowest BCUT2D eigenvalue weighted by atomic mass is 10.2. The van der Waals surface area contributed by atoms with Crippen LogP contribution in [0.25, 0.3) is 0 Å². The van der Waals surface area contributed by atoms with Gasteiger partial charge in [0.15, 0.2) is 0 Å². The van der Waals surface area contributed by atoms with E-state index < -0.39 is 0 Å². The van der Waals surface area contributed by atoms with Crippen LogP contribution in [0, 0.1) is 0 Å². The van der Waals surface area contributed by atoms with Crippen molar-refractivity contribution in [1.29, 1.82) is 0 Å². The summed E-state index contributed by atoms with van der Waals surface area (Å²) in [6, 6.07) is 15.3. The smallest absolute Gasteiger partial charge is 0.0562 e. The molecule has 0 unspecified atom stereocenters. The van der Waals surface area contributed by atoms with Crippen molar-refractivity contribution in [2.45, 2.75) is 39.9 Å². The number of benzene rings is 1. The highest BCUT2D eigenvalue weighted by molar-refractivity contribution is 5.47. The van der Waals surface area contributed by atoms with E-state index in [1.807, 2.05) is 6.20 Å². The fraction of sp³-hybridized carbons (Fsp3) is 0.389. The summed E-state index contributed by atoms with van der Waals surface area (Å²) < 4.78 is 0. The van der Waals surface area contributed by atoms with Crippen LogP contribution in [-0.4, -0.2) is 17.6 Å². The minimum absolute atomic E-state index is 0.474. The van der Waals surface area contributed by atoms with Crippen LogP contribution in [-0.2, 0) is 13.1 Å². The van der Waals surface area contributed by atoms with Gasteiger partial charge in [-0.1, -0.05) is 44.2 Å². The van der Waals surface area contributed by atoms with Gasteiger partial charge in [-0.2, -0.15) is 0 Å². The molecule has 3 heteroatoms. The third kappa shape index (κ3) is 4.87. The van der Waals surface area contributed by atoms with Crippen molar-refractivity contribution in [3.8, 4) is 0 Å². The molecule has 0 amide bonds. The van der Waals surface area contributed by atoms with E-state index in [0.717, 1.165) is 25.3 Å². The predicted molar refractivity (Wildman–Crippen MR) is 89.4 cm³/mol. The van der Waals surface area contributed by atoms with Crippen LogP contribution in [0.3, 0.4) is 0 Å². The summed E-state index contributed by atoms with van der Waals surface area (Å²) in [5.41, 5.74) is 3.66. The average molecular weight is 283 g/mol. The zero-order valence-electron chi connectivity index (χ0n) is 13.2. The van der Waals surface area contributed by atoms with Crippen LogP contribution in [0.1, 0.15) is 32.0 Å². The molecular weight excluding hydrogens is 258 g/mol. The predicted octanol–water partition coefficient (Wildman–Crippen LogP) is 3.61. The van der Waals surface area contributed by atoms with E-state index in [9.17, 15) is 0 Å². The maximum atomic E-state index is 4.45. The van der Waals surface area contributed by atoms with Gasteiger partial charge < -0.3 is 10.2 Å². The quantitative estimate of drug-likeness (QED) is 0.841. The fourth-order valence-electron chi connectivity index (χ4n) is 2.26. The molecular formula is C18H25N3. The molecule has 0 saturated heterocycles. The van der Waals surface area contributed by atoms with Crippen LogP contribution in [0.2, 0.25) is 0 Å². The van der Waals surface area contributed by atoms with Gasteiger partial charge in [0, 0.05) is 37.6 Å². The molecule has 1 heterocycles. The van der Waals surface area contributed by atoms with Gasteiger partial charge in [-0.25, -0.2) is 0 Å². The first kappa shape index (κ1) is 15.5. The Kier molecular flexibility index (Phi) is 5.76. The molecule has 1 aromatic carbocycles. The van der Waals surface area contributed by atoms with Gasteiger partial charge in [-0.3, -0.25) is 4.98 Å². The van der Waals surface area contributed by atoms with E-state index >= 15 is 0 Å². The highest BCUT2D eigenvalue weighted by Crippen LogP contribution is 2.17. The van der Waals surface area contributed by atoms with Crippen molar-refractivity contribution >= 4 is 5.69 Å². The molecule has 0 aliphatic carbocycles. The van der Waals surface area contributed by atoms with Crippen molar-refractivity contribution in [1.82, 2.24) is 10.3 Å². The van der Waals surface area contributed by atoms with Crippen LogP contribution in [0.4, 0.5) is 5.69 Å². The normalized spacial score (nSPS) is 10.9. The molecule has 21 heavy (non-hydrogen) atoms. The van der Waals surface area contributed by atoms with Crippen molar-refractivity contribution in [2.24, 2.45) is 0 Å². The van der Waals surface area contributed by atoms with E-state index in [-0.39, 0.29) is 0 Å². The Hall–Kier alpha value is -1.87. The molecule has 0 aliphatic heterocycles. The molecule has 2 rings (SSSR count). The first-order valence-electron chi connectivity index (χ1n) is 7.66. The number of nitrogens with one attached hydrogen (secondary N) is 1. The summed E-state index contributed by atoms with van der Waals surface area (Å²) in [4.78, 5) is 6.82. The van der Waals surface area contributed by atoms with E-state index in [2.05, 4.69) is 78.4 Å². The molecule has 0 fully saturated rings. The van der Waals surface area contributed by atoms with Crippen molar-refractivity contribution < 1.29 is 0 Å². The first-order valence-corrected chi connectivity index (χ1v) is 7.66. The van der Waals surface area contributed by atoms with E-state index in [1.54, 1.807) is 0 Å². The highest BCUT2D eigenvalue weighted by atomic mass is 15.1. The van der Waals surface area contributed by atoms with Gasteiger partial charge in [0.25, 0.3) is 0 Å². The SMILES string of the molecule is CCN(Cc1ccccc1)c1ccnc(CNC(C)C)c1. The van der Waals surface area contributed by atoms with Gasteiger partial charge in [0.05, 0.1) is 5.69 Å². The van der Waals surface area contributed by atoms with Gasteiger partial charge in [-0.05, 0) is 24.6 Å². The Balaban J connectivity index is 2.09. The molecule has 1 N–H and O–H groups in total. The monoisotopic (exact) mass is 283 g/mol. The number of pyridine rings is 1. The second kappa shape index (κ2) is 7.79. The molecule has 0 radical (unpaired) electrons. The Morgan fingerprint density at radius 3 is 2.57 bits per heavy atom. The lowest BCUT2D eigenvalue weighted by molar-refractivity contribution is 0.581. The molecule has 0 bridgehead atoms. The number of nitrogens with zero attached hydrogens (tertiary/aromatic N) is 2. The molecule has 2 aromatic rings. The van der Waals surface area contributed by atoms with Crippen molar-refractivity contribution in [2.75, 3.05) is 11.4 Å². The largest absolute Gasteiger partial charge is 0.367 e. The van der Waals surface area contributed by atoms with Crippen molar-refractivity contribution in [3.05, 3.63) is 59.9 Å². The second-order valence-corrected chi connectivity index (χ2v) is 5.54. The molecule has 0 spiro atoms. The first-order chi connectivity index (χ1) is 10.2. The topological polar surface area (TPSA) is 28.2 Å². The van der Waals surface area contributed by atoms with Crippen LogP contribution >= 0.6 is 0 Å². The van der Waals surface area contributed by atoms with Crippen LogP contribution < -0.4 is 10.2 Å². The standard InChI is InChI=1S/C18H25N3/c1-4-21(14-16-8-6-5-7-9-16)18-10-11-19-17(12-18)13-20-15(2)3/h5-12,15,20H,4,13-14H2,1-3H3. The second-order valence-electron chi connectivity index (χ2n) is 5.54. The summed E-state index contributed by atoms with van der Waals surface area (Å²) in [5.74, 6) is 0. The molecule has 1 aromatic heterocycles. The Bertz CT molecular complexity index is 537. The van der Waals surface area contributed by atoms with Gasteiger partial charge in [-0.15, -0.1) is 0 Å². The summed E-state index contributed by atoms with van der Waals surface area (Å²) in [6.07, 6.45) is 1.90. The zero-order chi connectivity index (χ0) is 15.1. The Labute approximate surface area is 128 Å². The lowest BCUT2D eigenvalue weighted by Crippen LogP contribution is -2.24. The van der Waals surface area contributed by atoms with Gasteiger partial charge in [0.1, 0.15) is 0 Å². The summed E-state index contributed by atoms with van der Waals surface area (Å²) >= 11 is 0. The summed E-state index contributed by atoms with van der Waals surface area (Å²) in [6.45, 7) is 9.22.